The first-order chi connectivity index (χ1) is 8.75. The number of halogens is 1. The fourth-order valence-electron chi connectivity index (χ4n) is 2.17. The van der Waals surface area contributed by atoms with Gasteiger partial charge in [0.25, 0.3) is 0 Å². The monoisotopic (exact) mass is 260 g/mol. The van der Waals surface area contributed by atoms with Crippen molar-refractivity contribution in [1.82, 2.24) is 4.98 Å². The van der Waals surface area contributed by atoms with Crippen molar-refractivity contribution in [3.63, 3.8) is 0 Å². The van der Waals surface area contributed by atoms with E-state index in [0.29, 0.717) is 5.02 Å². The van der Waals surface area contributed by atoms with Crippen LogP contribution in [0.25, 0.3) is 0 Å². The summed E-state index contributed by atoms with van der Waals surface area (Å²) in [5, 5.41) is 0.654. The number of hydrogen-bond acceptors (Lipinski definition) is 3. The Kier molecular flexibility index (Phi) is 2.84. The van der Waals surface area contributed by atoms with Gasteiger partial charge in [0.2, 0.25) is 0 Å². The molecule has 1 aromatic heterocycles. The Balaban J connectivity index is 2.11. The maximum Gasteiger partial charge on any atom is 0.152 e. The van der Waals surface area contributed by atoms with Crippen LogP contribution >= 0.6 is 11.6 Å². The minimum atomic E-state index is 0.109. The molecule has 1 aliphatic rings. The fourth-order valence-corrected chi connectivity index (χ4v) is 2.39. The molecule has 0 saturated carbocycles. The smallest absolute Gasteiger partial charge is 0.152 e. The summed E-state index contributed by atoms with van der Waals surface area (Å²) in [4.78, 5) is 6.48. The van der Waals surface area contributed by atoms with Gasteiger partial charge >= 0.3 is 0 Å². The van der Waals surface area contributed by atoms with E-state index >= 15 is 0 Å². The van der Waals surface area contributed by atoms with Crippen LogP contribution in [0.15, 0.2) is 42.6 Å². The lowest BCUT2D eigenvalue weighted by atomic mass is 10.2. The number of hydrogen-bond donors (Lipinski definition) is 0. The summed E-state index contributed by atoms with van der Waals surface area (Å²) in [6.07, 6.45) is 1.86. The van der Waals surface area contributed by atoms with Crippen LogP contribution in [0.3, 0.4) is 0 Å². The highest BCUT2D eigenvalue weighted by atomic mass is 35.5. The number of para-hydroxylation sites is 2. The summed E-state index contributed by atoms with van der Waals surface area (Å²) in [5.41, 5.74) is 1.01. The fraction of sp³-hybridized carbons (Fsp3) is 0.214. The van der Waals surface area contributed by atoms with Crippen LogP contribution in [0.5, 0.6) is 5.75 Å². The van der Waals surface area contributed by atoms with E-state index in [9.17, 15) is 0 Å². The van der Waals surface area contributed by atoms with Gasteiger partial charge in [0.15, 0.2) is 5.82 Å². The molecule has 0 bridgehead atoms. The number of nitrogens with zero attached hydrogens (tertiary/aromatic N) is 2. The Hall–Kier alpha value is -1.74. The highest BCUT2D eigenvalue weighted by Crippen LogP contribution is 2.39. The number of fused-ring (bicyclic) bond motifs is 1. The molecular weight excluding hydrogens is 248 g/mol. The second kappa shape index (κ2) is 4.50. The third-order valence-corrected chi connectivity index (χ3v) is 3.21. The maximum absolute atomic E-state index is 6.23. The molecule has 3 rings (SSSR count). The molecule has 3 nitrogen and oxygen atoms in total. The molecule has 0 aliphatic carbocycles. The summed E-state index contributed by atoms with van der Waals surface area (Å²) >= 11 is 6.23. The Bertz CT molecular complexity index is 573. The van der Waals surface area contributed by atoms with Gasteiger partial charge in [-0.05, 0) is 31.2 Å². The van der Waals surface area contributed by atoms with Gasteiger partial charge in [-0.3, -0.25) is 0 Å². The van der Waals surface area contributed by atoms with E-state index in [4.69, 9.17) is 16.3 Å². The first-order valence-corrected chi connectivity index (χ1v) is 6.27. The van der Waals surface area contributed by atoms with E-state index in [1.165, 1.54) is 0 Å². The molecule has 1 unspecified atom stereocenters. The molecule has 0 fully saturated rings. The van der Waals surface area contributed by atoms with E-state index in [1.807, 2.05) is 43.3 Å². The molecule has 0 amide bonds. The number of rotatable bonds is 1. The van der Waals surface area contributed by atoms with Gasteiger partial charge in [-0.25, -0.2) is 4.98 Å². The Morgan fingerprint density at radius 2 is 2.11 bits per heavy atom. The summed E-state index contributed by atoms with van der Waals surface area (Å²) in [6, 6.07) is 11.6. The van der Waals surface area contributed by atoms with E-state index in [0.717, 1.165) is 23.8 Å². The van der Waals surface area contributed by atoms with Crippen molar-refractivity contribution in [2.75, 3.05) is 11.4 Å². The lowest BCUT2D eigenvalue weighted by molar-refractivity contribution is 0.217. The topological polar surface area (TPSA) is 25.4 Å². The normalized spacial score (nSPS) is 18.1. The minimum absolute atomic E-state index is 0.109. The molecule has 4 heteroatoms. The van der Waals surface area contributed by atoms with Gasteiger partial charge in [0, 0.05) is 6.20 Å². The number of ether oxygens (including phenoxy) is 1. The standard InChI is InChI=1S/C14H13ClN2O/c1-10-9-17(14-11(15)5-4-8-16-14)12-6-2-3-7-13(12)18-10/h2-8,10H,9H2,1H3. The SMILES string of the molecule is CC1CN(c2ncccc2Cl)c2ccccc2O1. The van der Waals surface area contributed by atoms with Crippen LogP contribution in [-0.2, 0) is 0 Å². The van der Waals surface area contributed by atoms with Crippen LogP contribution in [0.4, 0.5) is 11.5 Å². The predicted octanol–water partition coefficient (Wildman–Crippen LogP) is 3.65. The Morgan fingerprint density at radius 1 is 1.28 bits per heavy atom. The lowest BCUT2D eigenvalue weighted by Gasteiger charge is -2.34. The number of aromatic nitrogens is 1. The second-order valence-electron chi connectivity index (χ2n) is 4.32. The second-order valence-corrected chi connectivity index (χ2v) is 4.72. The predicted molar refractivity (Wildman–Crippen MR) is 72.8 cm³/mol. The molecule has 1 aromatic carbocycles. The van der Waals surface area contributed by atoms with Gasteiger partial charge in [-0.1, -0.05) is 23.7 Å². The van der Waals surface area contributed by atoms with Crippen molar-refractivity contribution in [2.45, 2.75) is 13.0 Å². The average Bonchev–Trinajstić information content (AvgIpc) is 2.38. The van der Waals surface area contributed by atoms with Crippen molar-refractivity contribution in [1.29, 1.82) is 0 Å². The molecular formula is C14H13ClN2O. The zero-order valence-electron chi connectivity index (χ0n) is 10.0. The number of anilines is 2. The Morgan fingerprint density at radius 3 is 2.94 bits per heavy atom. The average molecular weight is 261 g/mol. The largest absolute Gasteiger partial charge is 0.487 e. The van der Waals surface area contributed by atoms with Crippen molar-refractivity contribution in [3.8, 4) is 5.75 Å². The molecule has 92 valence electrons. The highest BCUT2D eigenvalue weighted by Gasteiger charge is 2.25. The molecule has 0 N–H and O–H groups in total. The molecule has 1 aliphatic heterocycles. The minimum Gasteiger partial charge on any atom is -0.487 e. The molecule has 18 heavy (non-hydrogen) atoms. The summed E-state index contributed by atoms with van der Waals surface area (Å²) in [6.45, 7) is 2.79. The van der Waals surface area contributed by atoms with Crippen LogP contribution in [0.1, 0.15) is 6.92 Å². The van der Waals surface area contributed by atoms with Crippen molar-refractivity contribution >= 4 is 23.1 Å². The third-order valence-electron chi connectivity index (χ3n) is 2.92. The van der Waals surface area contributed by atoms with E-state index in [1.54, 1.807) is 6.20 Å². The van der Waals surface area contributed by atoms with E-state index in [2.05, 4.69) is 9.88 Å². The van der Waals surface area contributed by atoms with Crippen LogP contribution < -0.4 is 9.64 Å². The number of pyridine rings is 1. The molecule has 2 aromatic rings. The van der Waals surface area contributed by atoms with Gasteiger partial charge in [0.05, 0.1) is 17.3 Å². The third kappa shape index (κ3) is 1.91. The summed E-state index contributed by atoms with van der Waals surface area (Å²) in [5.74, 6) is 1.65. The molecule has 0 spiro atoms. The van der Waals surface area contributed by atoms with E-state index in [-0.39, 0.29) is 6.10 Å². The molecule has 0 saturated heterocycles. The maximum atomic E-state index is 6.23. The first-order valence-electron chi connectivity index (χ1n) is 5.89. The first kappa shape index (κ1) is 11.4. The molecule has 2 heterocycles. The molecule has 0 radical (unpaired) electrons. The van der Waals surface area contributed by atoms with Crippen molar-refractivity contribution in [3.05, 3.63) is 47.6 Å². The molecule has 1 atom stereocenters. The summed E-state index contributed by atoms with van der Waals surface area (Å²) < 4.78 is 5.81. The van der Waals surface area contributed by atoms with Crippen molar-refractivity contribution < 1.29 is 4.74 Å². The highest BCUT2D eigenvalue weighted by molar-refractivity contribution is 6.33. The van der Waals surface area contributed by atoms with Crippen molar-refractivity contribution in [2.24, 2.45) is 0 Å². The van der Waals surface area contributed by atoms with Crippen LogP contribution in [0, 0.1) is 0 Å². The zero-order valence-corrected chi connectivity index (χ0v) is 10.8. The Labute approximate surface area is 111 Å². The summed E-state index contributed by atoms with van der Waals surface area (Å²) in [7, 11) is 0. The van der Waals surface area contributed by atoms with E-state index < -0.39 is 0 Å². The van der Waals surface area contributed by atoms with Crippen LogP contribution in [0.2, 0.25) is 5.02 Å². The lowest BCUT2D eigenvalue weighted by Crippen LogP contribution is -2.35. The number of benzene rings is 1. The van der Waals surface area contributed by atoms with Gasteiger partial charge < -0.3 is 9.64 Å². The van der Waals surface area contributed by atoms with Gasteiger partial charge in [0.1, 0.15) is 11.9 Å². The van der Waals surface area contributed by atoms with Crippen LogP contribution in [-0.4, -0.2) is 17.6 Å². The quantitative estimate of drug-likeness (QED) is 0.783. The van der Waals surface area contributed by atoms with Gasteiger partial charge in [-0.15, -0.1) is 0 Å². The zero-order chi connectivity index (χ0) is 12.5. The van der Waals surface area contributed by atoms with Gasteiger partial charge in [-0.2, -0.15) is 0 Å².